The minimum Gasteiger partial charge on any atom is -0.322 e. The second kappa shape index (κ2) is 6.02. The molecular weight excluding hydrogens is 300 g/mol. The maximum Gasteiger partial charge on any atom is 0.255 e. The molecule has 0 saturated heterocycles. The number of hydrogen-bond acceptors (Lipinski definition) is 3. The van der Waals surface area contributed by atoms with Crippen molar-refractivity contribution in [2.45, 2.75) is 11.8 Å². The highest BCUT2D eigenvalue weighted by Crippen LogP contribution is 2.17. The first kappa shape index (κ1) is 15.8. The van der Waals surface area contributed by atoms with Crippen LogP contribution in [0.4, 0.5) is 5.69 Å². The number of terminal acetylenes is 1. The fourth-order valence-electron chi connectivity index (χ4n) is 1.91. The molecular formula is C16H14N2O3S. The van der Waals surface area contributed by atoms with Crippen LogP contribution < -0.4 is 10.5 Å². The van der Waals surface area contributed by atoms with Crippen LogP contribution in [0.2, 0.25) is 0 Å². The number of hydrogen-bond donors (Lipinski definition) is 2. The van der Waals surface area contributed by atoms with E-state index < -0.39 is 15.9 Å². The second-order valence-corrected chi connectivity index (χ2v) is 6.26. The summed E-state index contributed by atoms with van der Waals surface area (Å²) in [6, 6.07) is 11.0. The van der Waals surface area contributed by atoms with Crippen LogP contribution in [0, 0.1) is 19.3 Å². The first-order chi connectivity index (χ1) is 10.3. The van der Waals surface area contributed by atoms with Gasteiger partial charge in [0, 0.05) is 16.8 Å². The van der Waals surface area contributed by atoms with Crippen molar-refractivity contribution in [2.75, 3.05) is 5.32 Å². The molecule has 0 atom stereocenters. The number of nitrogens with one attached hydrogen (secondary N) is 1. The Hall–Kier alpha value is -2.62. The number of carbonyl (C=O) groups excluding carboxylic acids is 1. The molecule has 0 fully saturated rings. The normalized spacial score (nSPS) is 10.8. The Bertz CT molecular complexity index is 881. The molecule has 2 aromatic rings. The summed E-state index contributed by atoms with van der Waals surface area (Å²) in [4.78, 5) is 12.2. The van der Waals surface area contributed by atoms with Crippen molar-refractivity contribution in [1.29, 1.82) is 0 Å². The van der Waals surface area contributed by atoms with E-state index in [1.807, 2.05) is 0 Å². The summed E-state index contributed by atoms with van der Waals surface area (Å²) < 4.78 is 22.8. The maximum atomic E-state index is 12.3. The van der Waals surface area contributed by atoms with Crippen molar-refractivity contribution in [3.8, 4) is 12.3 Å². The van der Waals surface area contributed by atoms with Crippen molar-refractivity contribution in [2.24, 2.45) is 5.14 Å². The highest BCUT2D eigenvalue weighted by Gasteiger charge is 2.15. The average molecular weight is 314 g/mol. The van der Waals surface area contributed by atoms with Crippen LogP contribution in [0.1, 0.15) is 21.5 Å². The third-order valence-corrected chi connectivity index (χ3v) is 3.98. The lowest BCUT2D eigenvalue weighted by Crippen LogP contribution is -2.17. The molecule has 112 valence electrons. The summed E-state index contributed by atoms with van der Waals surface area (Å²) in [5.41, 5.74) is 2.03. The summed E-state index contributed by atoms with van der Waals surface area (Å²) in [6.45, 7) is 1.71. The van der Waals surface area contributed by atoms with Crippen LogP contribution >= 0.6 is 0 Å². The van der Waals surface area contributed by atoms with E-state index in [1.54, 1.807) is 31.2 Å². The lowest BCUT2D eigenvalue weighted by atomic mass is 10.1. The molecule has 3 N–H and O–H groups in total. The molecule has 6 heteroatoms. The number of aryl methyl sites for hydroxylation is 1. The maximum absolute atomic E-state index is 12.3. The molecule has 0 saturated carbocycles. The predicted molar refractivity (Wildman–Crippen MR) is 84.9 cm³/mol. The van der Waals surface area contributed by atoms with Gasteiger partial charge in [0.2, 0.25) is 10.0 Å². The number of nitrogens with two attached hydrogens (primary N) is 1. The number of anilines is 1. The number of amides is 1. The van der Waals surface area contributed by atoms with Crippen molar-refractivity contribution in [3.05, 3.63) is 59.2 Å². The van der Waals surface area contributed by atoms with Gasteiger partial charge in [-0.05, 0) is 42.8 Å². The zero-order valence-electron chi connectivity index (χ0n) is 11.8. The first-order valence-electron chi connectivity index (χ1n) is 6.33. The van der Waals surface area contributed by atoms with Gasteiger partial charge in [0.25, 0.3) is 5.91 Å². The minimum atomic E-state index is -3.87. The Morgan fingerprint density at radius 1 is 1.23 bits per heavy atom. The quantitative estimate of drug-likeness (QED) is 0.848. The number of benzene rings is 2. The topological polar surface area (TPSA) is 89.3 Å². The highest BCUT2D eigenvalue weighted by atomic mass is 32.2. The van der Waals surface area contributed by atoms with E-state index in [4.69, 9.17) is 11.6 Å². The van der Waals surface area contributed by atoms with E-state index >= 15 is 0 Å². The molecule has 2 aromatic carbocycles. The molecule has 5 nitrogen and oxygen atoms in total. The van der Waals surface area contributed by atoms with Crippen LogP contribution in [-0.2, 0) is 10.0 Å². The SMILES string of the molecule is C#Cc1cccc(NC(=O)c2cc(S(N)(=O)=O)ccc2C)c1. The Morgan fingerprint density at radius 2 is 1.95 bits per heavy atom. The number of carbonyl (C=O) groups is 1. The predicted octanol–water partition coefficient (Wildman–Crippen LogP) is 1.88. The summed E-state index contributed by atoms with van der Waals surface area (Å²) >= 11 is 0. The van der Waals surface area contributed by atoms with Gasteiger partial charge in [0.1, 0.15) is 0 Å². The van der Waals surface area contributed by atoms with Gasteiger partial charge in [-0.2, -0.15) is 0 Å². The summed E-state index contributed by atoms with van der Waals surface area (Å²) in [7, 11) is -3.87. The molecule has 0 aliphatic carbocycles. The smallest absolute Gasteiger partial charge is 0.255 e. The Kier molecular flexibility index (Phi) is 4.31. The van der Waals surface area contributed by atoms with Gasteiger partial charge in [-0.1, -0.05) is 18.1 Å². The third kappa shape index (κ3) is 3.52. The molecule has 22 heavy (non-hydrogen) atoms. The fourth-order valence-corrected chi connectivity index (χ4v) is 2.45. The molecule has 0 heterocycles. The van der Waals surface area contributed by atoms with Gasteiger partial charge in [0.05, 0.1) is 4.90 Å². The van der Waals surface area contributed by atoms with Crippen molar-refractivity contribution in [3.63, 3.8) is 0 Å². The van der Waals surface area contributed by atoms with Crippen LogP contribution in [0.25, 0.3) is 0 Å². The summed E-state index contributed by atoms with van der Waals surface area (Å²) in [6.07, 6.45) is 5.31. The number of rotatable bonds is 3. The Labute approximate surface area is 129 Å². The van der Waals surface area contributed by atoms with Crippen molar-refractivity contribution >= 4 is 21.6 Å². The Balaban J connectivity index is 2.35. The van der Waals surface area contributed by atoms with Crippen molar-refractivity contribution < 1.29 is 13.2 Å². The third-order valence-electron chi connectivity index (χ3n) is 3.07. The van der Waals surface area contributed by atoms with E-state index in [9.17, 15) is 13.2 Å². The molecule has 0 spiro atoms. The highest BCUT2D eigenvalue weighted by molar-refractivity contribution is 7.89. The van der Waals surface area contributed by atoms with Crippen molar-refractivity contribution in [1.82, 2.24) is 0 Å². The zero-order valence-corrected chi connectivity index (χ0v) is 12.6. The van der Waals surface area contributed by atoms with E-state index in [0.29, 0.717) is 16.8 Å². The molecule has 0 radical (unpaired) electrons. The van der Waals surface area contributed by atoms with Gasteiger partial charge >= 0.3 is 0 Å². The molecule has 0 aliphatic heterocycles. The molecule has 0 aliphatic rings. The standard InChI is InChI=1S/C16H14N2O3S/c1-3-12-5-4-6-13(9-12)18-16(19)15-10-14(22(17,20)21)8-7-11(15)2/h1,4-10H,2H3,(H,18,19)(H2,17,20,21). The Morgan fingerprint density at radius 3 is 2.59 bits per heavy atom. The van der Waals surface area contributed by atoms with Crippen LogP contribution in [-0.4, -0.2) is 14.3 Å². The monoisotopic (exact) mass is 314 g/mol. The van der Waals surface area contributed by atoms with Gasteiger partial charge in [-0.25, -0.2) is 13.6 Å². The van der Waals surface area contributed by atoms with E-state index in [2.05, 4.69) is 11.2 Å². The van der Waals surface area contributed by atoms with Gasteiger partial charge in [-0.3, -0.25) is 4.79 Å². The van der Waals surface area contributed by atoms with Gasteiger partial charge in [0.15, 0.2) is 0 Å². The zero-order chi connectivity index (χ0) is 16.3. The van der Waals surface area contributed by atoms with Gasteiger partial charge in [-0.15, -0.1) is 6.42 Å². The molecule has 1 amide bonds. The minimum absolute atomic E-state index is 0.111. The molecule has 0 unspecified atom stereocenters. The van der Waals surface area contributed by atoms with Crippen LogP contribution in [0.3, 0.4) is 0 Å². The van der Waals surface area contributed by atoms with Crippen LogP contribution in [0.5, 0.6) is 0 Å². The van der Waals surface area contributed by atoms with Crippen LogP contribution in [0.15, 0.2) is 47.4 Å². The second-order valence-electron chi connectivity index (χ2n) is 4.70. The van der Waals surface area contributed by atoms with E-state index in [0.717, 1.165) is 0 Å². The van der Waals surface area contributed by atoms with Gasteiger partial charge < -0.3 is 5.32 Å². The average Bonchev–Trinajstić information content (AvgIpc) is 2.46. The summed E-state index contributed by atoms with van der Waals surface area (Å²) in [5, 5.41) is 7.77. The number of sulfonamides is 1. The molecule has 0 bridgehead atoms. The van der Waals surface area contributed by atoms with E-state index in [1.165, 1.54) is 18.2 Å². The largest absolute Gasteiger partial charge is 0.322 e. The fraction of sp³-hybridized carbons (Fsp3) is 0.0625. The molecule has 0 aromatic heterocycles. The number of primary sulfonamides is 1. The lowest BCUT2D eigenvalue weighted by Gasteiger charge is -2.09. The summed E-state index contributed by atoms with van der Waals surface area (Å²) in [5.74, 6) is 2.04. The lowest BCUT2D eigenvalue weighted by molar-refractivity contribution is 0.102. The molecule has 2 rings (SSSR count). The first-order valence-corrected chi connectivity index (χ1v) is 7.87. The van der Waals surface area contributed by atoms with E-state index in [-0.39, 0.29) is 10.5 Å².